The van der Waals surface area contributed by atoms with Crippen LogP contribution in [0.15, 0.2) is 47.6 Å². The number of guanidine groups is 1. The molecule has 27 heavy (non-hydrogen) atoms. The second-order valence-electron chi connectivity index (χ2n) is 7.05. The fourth-order valence-corrected chi connectivity index (χ4v) is 3.16. The van der Waals surface area contributed by atoms with E-state index in [-0.39, 0.29) is 6.04 Å². The smallest absolute Gasteiger partial charge is 0.213 e. The number of pyridine rings is 1. The number of hydrogen-bond acceptors (Lipinski definition) is 4. The lowest BCUT2D eigenvalue weighted by molar-refractivity contribution is 0.261. The Hall–Kier alpha value is -2.76. The van der Waals surface area contributed by atoms with Gasteiger partial charge in [-0.25, -0.2) is 4.98 Å². The van der Waals surface area contributed by atoms with Crippen molar-refractivity contribution in [1.82, 2.24) is 15.6 Å². The van der Waals surface area contributed by atoms with Crippen LogP contribution in [0.2, 0.25) is 0 Å². The predicted octanol–water partition coefficient (Wildman–Crippen LogP) is 3.06. The first-order valence-electron chi connectivity index (χ1n) is 9.58. The van der Waals surface area contributed by atoms with Crippen molar-refractivity contribution in [3.8, 4) is 11.6 Å². The molecule has 2 heterocycles. The molecular formula is C21H26N4O2. The number of ether oxygens (including phenoxy) is 2. The second-order valence-corrected chi connectivity index (χ2v) is 7.05. The lowest BCUT2D eigenvalue weighted by atomic mass is 10.0. The van der Waals surface area contributed by atoms with Crippen LogP contribution in [0.3, 0.4) is 0 Å². The number of rotatable bonds is 6. The summed E-state index contributed by atoms with van der Waals surface area (Å²) in [7, 11) is 1.79. The van der Waals surface area contributed by atoms with Gasteiger partial charge >= 0.3 is 0 Å². The predicted molar refractivity (Wildman–Crippen MR) is 105 cm³/mol. The normalized spacial score (nSPS) is 19.0. The Balaban J connectivity index is 1.34. The van der Waals surface area contributed by atoms with Gasteiger partial charge in [0.2, 0.25) is 5.88 Å². The molecular weight excluding hydrogens is 340 g/mol. The zero-order chi connectivity index (χ0) is 18.5. The van der Waals surface area contributed by atoms with Gasteiger partial charge in [-0.3, -0.25) is 4.99 Å². The quantitative estimate of drug-likeness (QED) is 0.607. The first-order valence-corrected chi connectivity index (χ1v) is 9.58. The Morgan fingerprint density at radius 1 is 1.26 bits per heavy atom. The third-order valence-corrected chi connectivity index (χ3v) is 4.92. The highest BCUT2D eigenvalue weighted by Crippen LogP contribution is 2.31. The van der Waals surface area contributed by atoms with E-state index in [2.05, 4.69) is 26.7 Å². The third-order valence-electron chi connectivity index (χ3n) is 4.92. The molecule has 1 fully saturated rings. The van der Waals surface area contributed by atoms with Gasteiger partial charge in [-0.2, -0.15) is 0 Å². The Morgan fingerprint density at radius 3 is 3.00 bits per heavy atom. The molecule has 1 atom stereocenters. The SMILES string of the molecule is CN=C(NCc1ccnc(OCC2CC2)c1)NC1CCOc2ccccc21. The number of para-hydroxylation sites is 1. The highest BCUT2D eigenvalue weighted by atomic mass is 16.5. The molecule has 0 amide bonds. The third kappa shape index (κ3) is 4.70. The topological polar surface area (TPSA) is 67.8 Å². The Bertz CT molecular complexity index is 804. The summed E-state index contributed by atoms with van der Waals surface area (Å²) >= 11 is 0. The Kier molecular flexibility index (Phi) is 5.42. The molecule has 6 nitrogen and oxygen atoms in total. The summed E-state index contributed by atoms with van der Waals surface area (Å²) in [5, 5.41) is 6.89. The van der Waals surface area contributed by atoms with E-state index in [0.29, 0.717) is 19.0 Å². The van der Waals surface area contributed by atoms with Crippen LogP contribution < -0.4 is 20.1 Å². The molecule has 0 saturated heterocycles. The standard InChI is InChI=1S/C21H26N4O2/c1-22-21(25-18-9-11-26-19-5-3-2-4-17(18)19)24-13-16-8-10-23-20(12-16)27-14-15-6-7-15/h2-5,8,10,12,15,18H,6-7,9,11,13-14H2,1H3,(H2,22,24,25). The lowest BCUT2D eigenvalue weighted by Gasteiger charge is -2.28. The van der Waals surface area contributed by atoms with Crippen molar-refractivity contribution < 1.29 is 9.47 Å². The maximum Gasteiger partial charge on any atom is 0.213 e. The molecule has 0 bridgehead atoms. The van der Waals surface area contributed by atoms with E-state index in [0.717, 1.165) is 36.2 Å². The van der Waals surface area contributed by atoms with Gasteiger partial charge in [0.15, 0.2) is 5.96 Å². The molecule has 2 aromatic rings. The highest BCUT2D eigenvalue weighted by molar-refractivity contribution is 5.80. The van der Waals surface area contributed by atoms with Crippen LogP contribution in [0.25, 0.3) is 0 Å². The molecule has 1 aromatic heterocycles. The molecule has 1 aliphatic heterocycles. The van der Waals surface area contributed by atoms with Gasteiger partial charge in [0.25, 0.3) is 0 Å². The monoisotopic (exact) mass is 366 g/mol. The van der Waals surface area contributed by atoms with Gasteiger partial charge in [-0.1, -0.05) is 18.2 Å². The molecule has 6 heteroatoms. The van der Waals surface area contributed by atoms with Gasteiger partial charge in [-0.15, -0.1) is 0 Å². The number of aliphatic imine (C=N–C) groups is 1. The van der Waals surface area contributed by atoms with E-state index in [4.69, 9.17) is 9.47 Å². The number of aromatic nitrogens is 1. The van der Waals surface area contributed by atoms with Crippen molar-refractivity contribution in [3.63, 3.8) is 0 Å². The molecule has 0 spiro atoms. The van der Waals surface area contributed by atoms with Crippen LogP contribution in [0.1, 0.15) is 36.4 Å². The van der Waals surface area contributed by atoms with E-state index < -0.39 is 0 Å². The molecule has 142 valence electrons. The zero-order valence-electron chi connectivity index (χ0n) is 15.6. The molecule has 0 radical (unpaired) electrons. The van der Waals surface area contributed by atoms with E-state index in [1.165, 1.54) is 18.4 Å². The van der Waals surface area contributed by atoms with Crippen LogP contribution in [-0.2, 0) is 6.54 Å². The molecule has 1 unspecified atom stereocenters. The van der Waals surface area contributed by atoms with Crippen molar-refractivity contribution in [2.45, 2.75) is 31.8 Å². The summed E-state index contributed by atoms with van der Waals surface area (Å²) in [6.07, 6.45) is 5.26. The average Bonchev–Trinajstić information content (AvgIpc) is 3.54. The summed E-state index contributed by atoms with van der Waals surface area (Å²) < 4.78 is 11.5. The summed E-state index contributed by atoms with van der Waals surface area (Å²) in [5.41, 5.74) is 2.29. The first kappa shape index (κ1) is 17.6. The lowest BCUT2D eigenvalue weighted by Crippen LogP contribution is -2.40. The van der Waals surface area contributed by atoms with Crippen LogP contribution >= 0.6 is 0 Å². The minimum Gasteiger partial charge on any atom is -0.493 e. The molecule has 1 aromatic carbocycles. The molecule has 2 aliphatic rings. The van der Waals surface area contributed by atoms with Crippen LogP contribution in [0.4, 0.5) is 0 Å². The maximum atomic E-state index is 5.77. The van der Waals surface area contributed by atoms with Crippen LogP contribution in [0.5, 0.6) is 11.6 Å². The molecule has 1 saturated carbocycles. The number of hydrogen-bond donors (Lipinski definition) is 2. The largest absolute Gasteiger partial charge is 0.493 e. The number of benzene rings is 1. The van der Waals surface area contributed by atoms with Crippen molar-refractivity contribution in [2.75, 3.05) is 20.3 Å². The van der Waals surface area contributed by atoms with E-state index in [9.17, 15) is 0 Å². The summed E-state index contributed by atoms with van der Waals surface area (Å²) in [4.78, 5) is 8.66. The minimum atomic E-state index is 0.191. The van der Waals surface area contributed by atoms with Crippen LogP contribution in [-0.4, -0.2) is 31.2 Å². The Morgan fingerprint density at radius 2 is 2.15 bits per heavy atom. The second kappa shape index (κ2) is 8.29. The first-order chi connectivity index (χ1) is 13.3. The summed E-state index contributed by atoms with van der Waals surface area (Å²) in [5.74, 6) is 3.14. The fourth-order valence-electron chi connectivity index (χ4n) is 3.16. The Labute approximate surface area is 160 Å². The minimum absolute atomic E-state index is 0.191. The number of fused-ring (bicyclic) bond motifs is 1. The van der Waals surface area contributed by atoms with Gasteiger partial charge in [-0.05, 0) is 36.5 Å². The molecule has 2 N–H and O–H groups in total. The van der Waals surface area contributed by atoms with Crippen LogP contribution in [0, 0.1) is 5.92 Å². The zero-order valence-corrected chi connectivity index (χ0v) is 15.6. The van der Waals surface area contributed by atoms with Crippen molar-refractivity contribution in [2.24, 2.45) is 10.9 Å². The van der Waals surface area contributed by atoms with E-state index in [1.54, 1.807) is 13.2 Å². The number of nitrogens with zero attached hydrogens (tertiary/aromatic N) is 2. The van der Waals surface area contributed by atoms with Crippen molar-refractivity contribution >= 4 is 5.96 Å². The van der Waals surface area contributed by atoms with Gasteiger partial charge in [0.05, 0.1) is 19.3 Å². The maximum absolute atomic E-state index is 5.77. The summed E-state index contributed by atoms with van der Waals surface area (Å²) in [6, 6.07) is 12.3. The molecule has 1 aliphatic carbocycles. The highest BCUT2D eigenvalue weighted by Gasteiger charge is 2.23. The summed E-state index contributed by atoms with van der Waals surface area (Å²) in [6.45, 7) is 2.14. The van der Waals surface area contributed by atoms with Gasteiger partial charge < -0.3 is 20.1 Å². The van der Waals surface area contributed by atoms with Crippen molar-refractivity contribution in [3.05, 3.63) is 53.7 Å². The van der Waals surface area contributed by atoms with E-state index >= 15 is 0 Å². The van der Waals surface area contributed by atoms with Gasteiger partial charge in [0.1, 0.15) is 5.75 Å². The number of nitrogens with one attached hydrogen (secondary N) is 2. The van der Waals surface area contributed by atoms with Gasteiger partial charge in [0, 0.05) is 37.8 Å². The average molecular weight is 366 g/mol. The van der Waals surface area contributed by atoms with E-state index in [1.807, 2.05) is 30.3 Å². The fraction of sp³-hybridized carbons (Fsp3) is 0.429. The molecule has 4 rings (SSSR count). The van der Waals surface area contributed by atoms with Crippen molar-refractivity contribution in [1.29, 1.82) is 0 Å².